The number of esters is 1. The third-order valence-electron chi connectivity index (χ3n) is 4.24. The van der Waals surface area contributed by atoms with Gasteiger partial charge in [0.05, 0.1) is 18.8 Å². The summed E-state index contributed by atoms with van der Waals surface area (Å²) in [5, 5.41) is 0. The van der Waals surface area contributed by atoms with E-state index >= 15 is 0 Å². The van der Waals surface area contributed by atoms with Gasteiger partial charge in [-0.25, -0.2) is 4.79 Å². The number of amides is 1. The topological polar surface area (TPSA) is 55.8 Å². The number of hydrogen-bond donors (Lipinski definition) is 0. The highest BCUT2D eigenvalue weighted by Gasteiger charge is 2.31. The van der Waals surface area contributed by atoms with Crippen molar-refractivity contribution in [2.45, 2.75) is 13.0 Å². The van der Waals surface area contributed by atoms with Crippen LogP contribution in [0.5, 0.6) is 0 Å². The highest BCUT2D eigenvalue weighted by molar-refractivity contribution is 5.93. The highest BCUT2D eigenvalue weighted by atomic mass is 16.5. The second-order valence-electron chi connectivity index (χ2n) is 5.95. The third kappa shape index (κ3) is 4.06. The Labute approximate surface area is 147 Å². The van der Waals surface area contributed by atoms with Crippen molar-refractivity contribution in [2.24, 2.45) is 0 Å². The molecule has 0 bridgehead atoms. The summed E-state index contributed by atoms with van der Waals surface area (Å²) in [6, 6.07) is 16.3. The van der Waals surface area contributed by atoms with Gasteiger partial charge in [-0.05, 0) is 18.6 Å². The minimum Gasteiger partial charge on any atom is -0.444 e. The lowest BCUT2D eigenvalue weighted by atomic mass is 10.1. The molecule has 0 N–H and O–H groups in total. The second kappa shape index (κ2) is 7.94. The Morgan fingerprint density at radius 1 is 1.00 bits per heavy atom. The number of ether oxygens (including phenoxy) is 2. The molecule has 0 aromatic heterocycles. The zero-order chi connectivity index (χ0) is 17.6. The van der Waals surface area contributed by atoms with Gasteiger partial charge >= 0.3 is 5.97 Å². The Balaban J connectivity index is 1.85. The Hall–Kier alpha value is -2.66. The van der Waals surface area contributed by atoms with E-state index in [2.05, 4.69) is 0 Å². The fourth-order valence-electron chi connectivity index (χ4n) is 2.81. The minimum atomic E-state index is -0.952. The molecule has 1 saturated heterocycles. The molecule has 5 nitrogen and oxygen atoms in total. The fraction of sp³-hybridized carbons (Fsp3) is 0.300. The summed E-state index contributed by atoms with van der Waals surface area (Å²) < 4.78 is 10.9. The number of carbonyl (C=O) groups excluding carboxylic acids is 2. The molecule has 1 atom stereocenters. The van der Waals surface area contributed by atoms with E-state index in [0.29, 0.717) is 37.4 Å². The maximum absolute atomic E-state index is 12.9. The van der Waals surface area contributed by atoms with E-state index in [4.69, 9.17) is 9.47 Å². The summed E-state index contributed by atoms with van der Waals surface area (Å²) in [5.74, 6) is -0.704. The van der Waals surface area contributed by atoms with Crippen LogP contribution in [0.25, 0.3) is 0 Å². The zero-order valence-corrected chi connectivity index (χ0v) is 14.2. The maximum Gasteiger partial charge on any atom is 0.339 e. The van der Waals surface area contributed by atoms with Crippen molar-refractivity contribution < 1.29 is 19.1 Å². The van der Waals surface area contributed by atoms with Crippen molar-refractivity contribution in [1.29, 1.82) is 0 Å². The van der Waals surface area contributed by atoms with Gasteiger partial charge in [0.15, 0.2) is 0 Å². The summed E-state index contributed by atoms with van der Waals surface area (Å²) >= 11 is 0. The van der Waals surface area contributed by atoms with Gasteiger partial charge in [-0.1, -0.05) is 48.5 Å². The Morgan fingerprint density at radius 3 is 2.32 bits per heavy atom. The first-order valence-electron chi connectivity index (χ1n) is 8.35. The summed E-state index contributed by atoms with van der Waals surface area (Å²) in [5.41, 5.74) is 1.96. The number of rotatable bonds is 4. The predicted octanol–water partition coefficient (Wildman–Crippen LogP) is 2.75. The first-order chi connectivity index (χ1) is 12.2. The molecule has 1 amide bonds. The SMILES string of the molecule is Cc1ccccc1C(=O)OC(C(=O)N1CCOCC1)c1ccccc1. The molecule has 2 aromatic carbocycles. The molecule has 0 saturated carbocycles. The molecule has 1 fully saturated rings. The van der Waals surface area contributed by atoms with Gasteiger partial charge in [0, 0.05) is 18.7 Å². The molecule has 0 radical (unpaired) electrons. The van der Waals surface area contributed by atoms with E-state index in [9.17, 15) is 9.59 Å². The van der Waals surface area contributed by atoms with Crippen LogP contribution in [0, 0.1) is 6.92 Å². The van der Waals surface area contributed by atoms with Crippen LogP contribution in [0.1, 0.15) is 27.6 Å². The standard InChI is InChI=1S/C20H21NO4/c1-15-7-5-6-10-17(15)20(23)25-18(16-8-3-2-4-9-16)19(22)21-11-13-24-14-12-21/h2-10,18H,11-14H2,1H3. The van der Waals surface area contributed by atoms with Crippen LogP contribution < -0.4 is 0 Å². The number of morpholine rings is 1. The molecular formula is C20H21NO4. The van der Waals surface area contributed by atoms with Crippen LogP contribution in [0.15, 0.2) is 54.6 Å². The number of carbonyl (C=O) groups is 2. The van der Waals surface area contributed by atoms with E-state index in [1.165, 1.54) is 0 Å². The average Bonchev–Trinajstić information content (AvgIpc) is 2.67. The van der Waals surface area contributed by atoms with Crippen LogP contribution in [0.2, 0.25) is 0 Å². The van der Waals surface area contributed by atoms with Crippen LogP contribution in [-0.2, 0) is 14.3 Å². The molecule has 3 rings (SSSR count). The van der Waals surface area contributed by atoms with Crippen molar-refractivity contribution in [3.8, 4) is 0 Å². The Morgan fingerprint density at radius 2 is 1.64 bits per heavy atom. The molecular weight excluding hydrogens is 318 g/mol. The largest absolute Gasteiger partial charge is 0.444 e. The lowest BCUT2D eigenvalue weighted by molar-refractivity contribution is -0.145. The van der Waals surface area contributed by atoms with Crippen LogP contribution >= 0.6 is 0 Å². The summed E-state index contributed by atoms with van der Waals surface area (Å²) in [6.45, 7) is 3.85. The molecule has 5 heteroatoms. The number of aryl methyl sites for hydroxylation is 1. The predicted molar refractivity (Wildman–Crippen MR) is 93.2 cm³/mol. The average molecular weight is 339 g/mol. The smallest absolute Gasteiger partial charge is 0.339 e. The lowest BCUT2D eigenvalue weighted by Gasteiger charge is -2.30. The fourth-order valence-corrected chi connectivity index (χ4v) is 2.81. The van der Waals surface area contributed by atoms with E-state index in [0.717, 1.165) is 5.56 Å². The van der Waals surface area contributed by atoms with E-state index in [1.807, 2.05) is 37.3 Å². The highest BCUT2D eigenvalue weighted by Crippen LogP contribution is 2.23. The quantitative estimate of drug-likeness (QED) is 0.804. The molecule has 25 heavy (non-hydrogen) atoms. The monoisotopic (exact) mass is 339 g/mol. The summed E-state index contributed by atoms with van der Waals surface area (Å²) in [4.78, 5) is 27.2. The van der Waals surface area contributed by atoms with E-state index < -0.39 is 12.1 Å². The molecule has 1 unspecified atom stereocenters. The lowest BCUT2D eigenvalue weighted by Crippen LogP contribution is -2.44. The van der Waals surface area contributed by atoms with E-state index in [1.54, 1.807) is 29.2 Å². The molecule has 0 aliphatic carbocycles. The van der Waals surface area contributed by atoms with E-state index in [-0.39, 0.29) is 5.91 Å². The molecule has 2 aromatic rings. The summed E-state index contributed by atoms with van der Waals surface area (Å²) in [6.07, 6.45) is -0.952. The van der Waals surface area contributed by atoms with Crippen LogP contribution in [0.4, 0.5) is 0 Å². The van der Waals surface area contributed by atoms with Crippen LogP contribution in [0.3, 0.4) is 0 Å². The molecule has 1 heterocycles. The number of benzene rings is 2. The normalized spacial score (nSPS) is 15.5. The van der Waals surface area contributed by atoms with Crippen molar-refractivity contribution in [3.63, 3.8) is 0 Å². The van der Waals surface area contributed by atoms with Gasteiger partial charge in [0.25, 0.3) is 5.91 Å². The van der Waals surface area contributed by atoms with Gasteiger partial charge in [-0.15, -0.1) is 0 Å². The zero-order valence-electron chi connectivity index (χ0n) is 14.2. The van der Waals surface area contributed by atoms with Crippen molar-refractivity contribution in [2.75, 3.05) is 26.3 Å². The number of nitrogens with zero attached hydrogens (tertiary/aromatic N) is 1. The van der Waals surface area contributed by atoms with Crippen molar-refractivity contribution >= 4 is 11.9 Å². The molecule has 0 spiro atoms. The Kier molecular flexibility index (Phi) is 5.46. The van der Waals surface area contributed by atoms with Gasteiger partial charge in [0.2, 0.25) is 6.10 Å². The molecule has 1 aliphatic rings. The van der Waals surface area contributed by atoms with Gasteiger partial charge in [0.1, 0.15) is 0 Å². The van der Waals surface area contributed by atoms with Gasteiger partial charge in [-0.3, -0.25) is 4.79 Å². The minimum absolute atomic E-state index is 0.212. The third-order valence-corrected chi connectivity index (χ3v) is 4.24. The summed E-state index contributed by atoms with van der Waals surface area (Å²) in [7, 11) is 0. The van der Waals surface area contributed by atoms with Crippen molar-refractivity contribution in [1.82, 2.24) is 4.90 Å². The molecule has 1 aliphatic heterocycles. The number of hydrogen-bond acceptors (Lipinski definition) is 4. The van der Waals surface area contributed by atoms with Gasteiger partial charge < -0.3 is 14.4 Å². The first-order valence-corrected chi connectivity index (χ1v) is 8.35. The van der Waals surface area contributed by atoms with Crippen LogP contribution in [-0.4, -0.2) is 43.1 Å². The maximum atomic E-state index is 12.9. The first kappa shape index (κ1) is 17.2. The Bertz CT molecular complexity index is 738. The van der Waals surface area contributed by atoms with Gasteiger partial charge in [-0.2, -0.15) is 0 Å². The second-order valence-corrected chi connectivity index (χ2v) is 5.95. The van der Waals surface area contributed by atoms with Crippen molar-refractivity contribution in [3.05, 3.63) is 71.3 Å². The molecule has 130 valence electrons.